The monoisotopic (exact) mass is 393 g/mol. The molecule has 144 valence electrons. The number of hydrogen-bond acceptors (Lipinski definition) is 5. The van der Waals surface area contributed by atoms with Gasteiger partial charge in [0.25, 0.3) is 5.91 Å². The third-order valence-electron chi connectivity index (χ3n) is 4.26. The normalized spacial score (nSPS) is 11.1. The maximum atomic E-state index is 12.1. The highest BCUT2D eigenvalue weighted by Gasteiger charge is 2.14. The van der Waals surface area contributed by atoms with Gasteiger partial charge in [-0.2, -0.15) is 5.10 Å². The molecule has 0 saturated carbocycles. The highest BCUT2D eigenvalue weighted by molar-refractivity contribution is 7.99. The van der Waals surface area contributed by atoms with E-state index in [1.54, 1.807) is 6.21 Å². The van der Waals surface area contributed by atoms with Gasteiger partial charge in [-0.15, -0.1) is 10.2 Å². The average molecular weight is 394 g/mol. The number of hydrogen-bond donors (Lipinski definition) is 1. The fourth-order valence-corrected chi connectivity index (χ4v) is 3.46. The Hall–Kier alpha value is -2.93. The van der Waals surface area contributed by atoms with Gasteiger partial charge in [0.1, 0.15) is 0 Å². The number of carbonyl (C=O) groups is 1. The molecule has 2 aromatic carbocycles. The van der Waals surface area contributed by atoms with Gasteiger partial charge in [0.2, 0.25) is 0 Å². The van der Waals surface area contributed by atoms with Gasteiger partial charge < -0.3 is 4.57 Å². The molecule has 0 fully saturated rings. The second-order valence-corrected chi connectivity index (χ2v) is 7.30. The first-order chi connectivity index (χ1) is 13.6. The molecule has 1 heterocycles. The third kappa shape index (κ3) is 4.86. The molecule has 28 heavy (non-hydrogen) atoms. The fourth-order valence-electron chi connectivity index (χ4n) is 2.66. The second-order valence-electron chi connectivity index (χ2n) is 6.35. The minimum Gasteiger partial charge on any atom is -0.302 e. The van der Waals surface area contributed by atoms with Gasteiger partial charge in [0.05, 0.1) is 12.0 Å². The van der Waals surface area contributed by atoms with Crippen molar-refractivity contribution in [2.45, 2.75) is 32.5 Å². The van der Waals surface area contributed by atoms with Crippen LogP contribution in [0, 0.1) is 13.8 Å². The van der Waals surface area contributed by atoms with Crippen LogP contribution in [-0.2, 0) is 11.3 Å². The summed E-state index contributed by atoms with van der Waals surface area (Å²) < 4.78 is 2.01. The molecule has 1 amide bonds. The zero-order chi connectivity index (χ0) is 19.9. The smallest absolute Gasteiger partial charge is 0.250 e. The van der Waals surface area contributed by atoms with Crippen LogP contribution in [0.25, 0.3) is 11.4 Å². The van der Waals surface area contributed by atoms with Gasteiger partial charge in [-0.1, -0.05) is 65.9 Å². The van der Waals surface area contributed by atoms with Gasteiger partial charge in [0, 0.05) is 12.1 Å². The molecule has 0 aliphatic rings. The number of aryl methyl sites for hydroxylation is 2. The van der Waals surface area contributed by atoms with E-state index < -0.39 is 0 Å². The van der Waals surface area contributed by atoms with Crippen molar-refractivity contribution in [3.05, 3.63) is 65.2 Å². The number of carbonyl (C=O) groups excluding carboxylic acids is 1. The van der Waals surface area contributed by atoms with E-state index in [-0.39, 0.29) is 11.7 Å². The van der Waals surface area contributed by atoms with Crippen molar-refractivity contribution >= 4 is 23.9 Å². The van der Waals surface area contributed by atoms with Crippen LogP contribution in [0.5, 0.6) is 0 Å². The predicted octanol–water partition coefficient (Wildman–Crippen LogP) is 3.82. The van der Waals surface area contributed by atoms with E-state index in [1.165, 1.54) is 17.3 Å². The fraction of sp³-hybridized carbons (Fsp3) is 0.238. The molecule has 7 heteroatoms. The molecule has 0 bridgehead atoms. The summed E-state index contributed by atoms with van der Waals surface area (Å²) in [4.78, 5) is 12.1. The van der Waals surface area contributed by atoms with Gasteiger partial charge in [-0.05, 0) is 31.9 Å². The summed E-state index contributed by atoms with van der Waals surface area (Å²) in [5.41, 5.74) is 6.86. The molecular formula is C21H23N5OS. The number of aromatic nitrogens is 3. The molecule has 0 spiro atoms. The largest absolute Gasteiger partial charge is 0.302 e. The molecule has 0 aliphatic heterocycles. The van der Waals surface area contributed by atoms with Gasteiger partial charge in [-0.25, -0.2) is 5.43 Å². The van der Waals surface area contributed by atoms with E-state index in [0.29, 0.717) is 0 Å². The molecule has 3 rings (SSSR count). The molecule has 0 aliphatic carbocycles. The Labute approximate surface area is 169 Å². The van der Waals surface area contributed by atoms with E-state index >= 15 is 0 Å². The molecule has 1 N–H and O–H groups in total. The Morgan fingerprint density at radius 1 is 1.14 bits per heavy atom. The number of hydrazone groups is 1. The molecule has 0 unspecified atom stereocenters. The minimum atomic E-state index is -0.183. The first-order valence-corrected chi connectivity index (χ1v) is 10.1. The highest BCUT2D eigenvalue weighted by Crippen LogP contribution is 2.24. The van der Waals surface area contributed by atoms with E-state index in [4.69, 9.17) is 0 Å². The summed E-state index contributed by atoms with van der Waals surface area (Å²) in [5.74, 6) is 0.845. The number of benzene rings is 2. The summed E-state index contributed by atoms with van der Waals surface area (Å²) >= 11 is 1.35. The minimum absolute atomic E-state index is 0.183. The van der Waals surface area contributed by atoms with Gasteiger partial charge in [0.15, 0.2) is 11.0 Å². The summed E-state index contributed by atoms with van der Waals surface area (Å²) in [6.45, 7) is 6.82. The molecule has 0 saturated heterocycles. The second kappa shape index (κ2) is 9.32. The van der Waals surface area contributed by atoms with Crippen molar-refractivity contribution in [1.29, 1.82) is 0 Å². The molecule has 0 atom stereocenters. The molecule has 6 nitrogen and oxygen atoms in total. The van der Waals surface area contributed by atoms with Crippen LogP contribution in [0.3, 0.4) is 0 Å². The lowest BCUT2D eigenvalue weighted by Gasteiger charge is -2.07. The Morgan fingerprint density at radius 3 is 2.61 bits per heavy atom. The first kappa shape index (κ1) is 19.8. The Bertz CT molecular complexity index is 979. The van der Waals surface area contributed by atoms with Crippen molar-refractivity contribution < 1.29 is 4.79 Å². The van der Waals surface area contributed by atoms with Crippen LogP contribution in [-0.4, -0.2) is 32.6 Å². The molecular weight excluding hydrogens is 370 g/mol. The van der Waals surface area contributed by atoms with Crippen molar-refractivity contribution in [1.82, 2.24) is 20.2 Å². The Balaban J connectivity index is 1.60. The third-order valence-corrected chi connectivity index (χ3v) is 5.22. The van der Waals surface area contributed by atoms with Crippen LogP contribution in [0.2, 0.25) is 0 Å². The van der Waals surface area contributed by atoms with E-state index in [1.807, 2.05) is 54.8 Å². The van der Waals surface area contributed by atoms with E-state index in [2.05, 4.69) is 39.8 Å². The van der Waals surface area contributed by atoms with Crippen LogP contribution >= 0.6 is 11.8 Å². The maximum absolute atomic E-state index is 12.1. The Morgan fingerprint density at radius 2 is 1.89 bits per heavy atom. The zero-order valence-electron chi connectivity index (χ0n) is 16.2. The number of nitrogens with one attached hydrogen (secondary N) is 1. The van der Waals surface area contributed by atoms with Crippen LogP contribution in [0.15, 0.2) is 58.8 Å². The van der Waals surface area contributed by atoms with Crippen molar-refractivity contribution in [2.24, 2.45) is 5.10 Å². The summed E-state index contributed by atoms with van der Waals surface area (Å²) in [6, 6.07) is 16.0. The summed E-state index contributed by atoms with van der Waals surface area (Å²) in [6.07, 6.45) is 1.65. The van der Waals surface area contributed by atoms with Gasteiger partial charge >= 0.3 is 0 Å². The molecule has 0 radical (unpaired) electrons. The summed E-state index contributed by atoms with van der Waals surface area (Å²) in [7, 11) is 0. The van der Waals surface area contributed by atoms with Crippen molar-refractivity contribution in [3.63, 3.8) is 0 Å². The van der Waals surface area contributed by atoms with E-state index in [9.17, 15) is 4.79 Å². The van der Waals surface area contributed by atoms with Crippen molar-refractivity contribution in [2.75, 3.05) is 5.75 Å². The Kier molecular flexibility index (Phi) is 6.60. The van der Waals surface area contributed by atoms with E-state index in [0.717, 1.165) is 34.2 Å². The standard InChI is InChI=1S/C21H23N5OS/c1-4-26-20(17-11-9-15(2)10-12-17)24-25-21(26)28-14-19(27)23-22-13-18-8-6-5-7-16(18)3/h5-13H,4,14H2,1-3H3,(H,23,27)/b22-13-. The zero-order valence-corrected chi connectivity index (χ0v) is 17.0. The lowest BCUT2D eigenvalue weighted by Crippen LogP contribution is -2.20. The van der Waals surface area contributed by atoms with Crippen LogP contribution < -0.4 is 5.43 Å². The van der Waals surface area contributed by atoms with Crippen molar-refractivity contribution in [3.8, 4) is 11.4 Å². The average Bonchev–Trinajstić information content (AvgIpc) is 3.11. The summed E-state index contributed by atoms with van der Waals surface area (Å²) in [5, 5.41) is 13.3. The number of thioether (sulfide) groups is 1. The number of rotatable bonds is 7. The SMILES string of the molecule is CCn1c(SCC(=O)N/N=C\c2ccccc2C)nnc1-c1ccc(C)cc1. The lowest BCUT2D eigenvalue weighted by atomic mass is 10.1. The quantitative estimate of drug-likeness (QED) is 0.376. The lowest BCUT2D eigenvalue weighted by molar-refractivity contribution is -0.118. The molecule has 1 aromatic heterocycles. The van der Waals surface area contributed by atoms with Crippen LogP contribution in [0.4, 0.5) is 0 Å². The highest BCUT2D eigenvalue weighted by atomic mass is 32.2. The van der Waals surface area contributed by atoms with Gasteiger partial charge in [-0.3, -0.25) is 4.79 Å². The predicted molar refractivity (Wildman–Crippen MR) is 114 cm³/mol. The van der Waals surface area contributed by atoms with Crippen LogP contribution in [0.1, 0.15) is 23.6 Å². The number of nitrogens with zero attached hydrogens (tertiary/aromatic N) is 4. The first-order valence-electron chi connectivity index (χ1n) is 9.09. The molecule has 3 aromatic rings. The number of amides is 1. The topological polar surface area (TPSA) is 72.2 Å². The maximum Gasteiger partial charge on any atom is 0.250 e.